The third kappa shape index (κ3) is 3.97. The van der Waals surface area contributed by atoms with Crippen LogP contribution in [0.15, 0.2) is 67.0 Å². The van der Waals surface area contributed by atoms with Crippen molar-refractivity contribution in [3.63, 3.8) is 0 Å². The van der Waals surface area contributed by atoms with Crippen molar-refractivity contribution in [1.82, 2.24) is 29.1 Å². The number of imidazole rings is 1. The van der Waals surface area contributed by atoms with Gasteiger partial charge in [-0.2, -0.15) is 5.26 Å². The summed E-state index contributed by atoms with van der Waals surface area (Å²) in [4.78, 5) is 20.5. The second-order valence-corrected chi connectivity index (χ2v) is 10.1. The molecule has 4 heterocycles. The summed E-state index contributed by atoms with van der Waals surface area (Å²) in [5, 5.41) is 22.3. The summed E-state index contributed by atoms with van der Waals surface area (Å²) in [7, 11) is 0. The zero-order chi connectivity index (χ0) is 27.3. The van der Waals surface area contributed by atoms with E-state index in [4.69, 9.17) is 4.98 Å². The summed E-state index contributed by atoms with van der Waals surface area (Å²) in [5.74, 6) is 1.90. The molecular weight excluding hydrogens is 488 g/mol. The third-order valence-corrected chi connectivity index (χ3v) is 7.04. The minimum absolute atomic E-state index is 0.162. The highest BCUT2D eigenvalue weighted by atomic mass is 16.1. The molecule has 0 aliphatic heterocycles. The van der Waals surface area contributed by atoms with E-state index in [9.17, 15) is 10.1 Å². The third-order valence-electron chi connectivity index (χ3n) is 7.04. The number of carbonyl (C=O) groups excluding carboxylic acids is 1. The minimum atomic E-state index is -0.591. The number of aromatic nitrogens is 6. The fourth-order valence-electron chi connectivity index (χ4n) is 4.93. The van der Waals surface area contributed by atoms with Crippen molar-refractivity contribution in [3.05, 3.63) is 78.4 Å². The lowest BCUT2D eigenvalue weighted by Crippen LogP contribution is -2.13. The van der Waals surface area contributed by atoms with Gasteiger partial charge in [-0.05, 0) is 61.4 Å². The summed E-state index contributed by atoms with van der Waals surface area (Å²) in [6, 6.07) is 20.3. The molecule has 6 aromatic rings. The normalized spacial score (nSPS) is 11.8. The average Bonchev–Trinajstić information content (AvgIpc) is 3.51. The first-order chi connectivity index (χ1) is 18.8. The predicted octanol–water partition coefficient (Wildman–Crippen LogP) is 5.61. The van der Waals surface area contributed by atoms with Gasteiger partial charge in [-0.25, -0.2) is 4.98 Å². The van der Waals surface area contributed by atoms with E-state index >= 15 is 0 Å². The Morgan fingerprint density at radius 2 is 1.77 bits per heavy atom. The van der Waals surface area contributed by atoms with E-state index in [1.807, 2.05) is 62.5 Å². The number of benzene rings is 2. The van der Waals surface area contributed by atoms with Crippen LogP contribution in [0.2, 0.25) is 0 Å². The standard InChI is InChI=1S/C30H26N8O/c1-5-27-35-36-29-37(22-10-8-21(9-11-22)30(3,4)17-31)28-23-14-19(6-12-24(23)32-16-25(28)38(27)29)20-7-13-26(33-15-20)34-18(2)39/h6-16H,5H2,1-4H3,(H,33,34,39). The smallest absolute Gasteiger partial charge is 0.241 e. The molecule has 0 saturated carbocycles. The van der Waals surface area contributed by atoms with Crippen molar-refractivity contribution in [1.29, 1.82) is 5.26 Å². The summed E-state index contributed by atoms with van der Waals surface area (Å²) >= 11 is 0. The van der Waals surface area contributed by atoms with Crippen LogP contribution in [0, 0.1) is 11.3 Å². The van der Waals surface area contributed by atoms with Crippen LogP contribution < -0.4 is 5.32 Å². The fraction of sp³-hybridized carbons (Fsp3) is 0.200. The van der Waals surface area contributed by atoms with E-state index in [0.717, 1.165) is 56.6 Å². The zero-order valence-electron chi connectivity index (χ0n) is 22.1. The fourth-order valence-corrected chi connectivity index (χ4v) is 4.93. The number of hydrogen-bond acceptors (Lipinski definition) is 6. The lowest BCUT2D eigenvalue weighted by molar-refractivity contribution is -0.114. The van der Waals surface area contributed by atoms with Crippen LogP contribution in [0.1, 0.15) is 39.1 Å². The van der Waals surface area contributed by atoms with E-state index < -0.39 is 5.41 Å². The molecule has 9 heteroatoms. The topological polar surface area (TPSA) is 114 Å². The number of hydrogen-bond donors (Lipinski definition) is 1. The van der Waals surface area contributed by atoms with Crippen molar-refractivity contribution in [3.8, 4) is 22.9 Å². The van der Waals surface area contributed by atoms with E-state index in [1.54, 1.807) is 12.3 Å². The molecule has 0 fully saturated rings. The molecule has 1 amide bonds. The maximum Gasteiger partial charge on any atom is 0.241 e. The molecule has 0 bridgehead atoms. The number of carbonyl (C=O) groups is 1. The van der Waals surface area contributed by atoms with Gasteiger partial charge in [-0.1, -0.05) is 25.1 Å². The summed E-state index contributed by atoms with van der Waals surface area (Å²) < 4.78 is 4.17. The predicted molar refractivity (Wildman–Crippen MR) is 151 cm³/mol. The molecule has 0 unspecified atom stereocenters. The van der Waals surface area contributed by atoms with Crippen LogP contribution in [0.25, 0.3) is 44.5 Å². The number of pyridine rings is 2. The molecular formula is C30H26N8O. The first kappa shape index (κ1) is 24.2. The maximum atomic E-state index is 11.4. The number of nitrogens with zero attached hydrogens (tertiary/aromatic N) is 7. The van der Waals surface area contributed by atoms with Gasteiger partial charge < -0.3 is 5.32 Å². The van der Waals surface area contributed by atoms with Gasteiger partial charge in [0.1, 0.15) is 11.6 Å². The molecule has 0 atom stereocenters. The van der Waals surface area contributed by atoms with Gasteiger partial charge in [0, 0.05) is 36.2 Å². The van der Waals surface area contributed by atoms with E-state index in [0.29, 0.717) is 11.6 Å². The van der Waals surface area contributed by atoms with Crippen LogP contribution in [0.4, 0.5) is 5.82 Å². The molecule has 9 nitrogen and oxygen atoms in total. The number of amides is 1. The first-order valence-electron chi connectivity index (χ1n) is 12.7. The second kappa shape index (κ2) is 9.03. The van der Waals surface area contributed by atoms with E-state index in [-0.39, 0.29) is 5.91 Å². The monoisotopic (exact) mass is 514 g/mol. The van der Waals surface area contributed by atoms with Gasteiger partial charge in [0.2, 0.25) is 11.7 Å². The van der Waals surface area contributed by atoms with Crippen LogP contribution in [0.5, 0.6) is 0 Å². The molecule has 0 spiro atoms. The number of nitrogens with one attached hydrogen (secondary N) is 1. The average molecular weight is 515 g/mol. The Bertz CT molecular complexity index is 1920. The summed E-state index contributed by atoms with van der Waals surface area (Å²) in [6.45, 7) is 7.34. The Balaban J connectivity index is 1.60. The van der Waals surface area contributed by atoms with Gasteiger partial charge in [0.05, 0.1) is 34.2 Å². The number of anilines is 1. The number of rotatable bonds is 5. The molecule has 0 saturated heterocycles. The Kier molecular flexibility index (Phi) is 5.61. The number of nitriles is 1. The van der Waals surface area contributed by atoms with Gasteiger partial charge >= 0.3 is 0 Å². The van der Waals surface area contributed by atoms with Gasteiger partial charge in [0.25, 0.3) is 0 Å². The summed E-state index contributed by atoms with van der Waals surface area (Å²) in [5.41, 5.74) is 5.90. The minimum Gasteiger partial charge on any atom is -0.311 e. The van der Waals surface area contributed by atoms with Gasteiger partial charge in [-0.3, -0.25) is 18.7 Å². The molecule has 39 heavy (non-hydrogen) atoms. The molecule has 4 aromatic heterocycles. The molecule has 2 aromatic carbocycles. The lowest BCUT2D eigenvalue weighted by atomic mass is 9.86. The van der Waals surface area contributed by atoms with Crippen LogP contribution in [0.3, 0.4) is 0 Å². The van der Waals surface area contributed by atoms with Crippen molar-refractivity contribution in [2.75, 3.05) is 5.32 Å². The highest BCUT2D eigenvalue weighted by molar-refractivity contribution is 6.06. The van der Waals surface area contributed by atoms with Crippen molar-refractivity contribution >= 4 is 39.4 Å². The maximum absolute atomic E-state index is 11.4. The van der Waals surface area contributed by atoms with Gasteiger partial charge in [-0.15, -0.1) is 10.2 Å². The second-order valence-electron chi connectivity index (χ2n) is 10.1. The van der Waals surface area contributed by atoms with E-state index in [1.165, 1.54) is 6.92 Å². The number of fused-ring (bicyclic) bond motifs is 5. The van der Waals surface area contributed by atoms with E-state index in [2.05, 4.69) is 48.5 Å². The highest BCUT2D eigenvalue weighted by Crippen LogP contribution is 2.34. The molecule has 6 rings (SSSR count). The van der Waals surface area contributed by atoms with Crippen molar-refractivity contribution < 1.29 is 4.79 Å². The zero-order valence-corrected chi connectivity index (χ0v) is 22.1. The van der Waals surface area contributed by atoms with Crippen LogP contribution >= 0.6 is 0 Å². The highest BCUT2D eigenvalue weighted by Gasteiger charge is 2.22. The molecule has 0 aliphatic rings. The molecule has 1 N–H and O–H groups in total. The Hall–Kier alpha value is -5.10. The SMILES string of the molecule is CCc1nnc2n(-c3ccc(C(C)(C)C#N)cc3)c3c4cc(-c5ccc(NC(C)=O)nc5)ccc4ncc3n12. The lowest BCUT2D eigenvalue weighted by Gasteiger charge is -2.16. The summed E-state index contributed by atoms with van der Waals surface area (Å²) in [6.07, 6.45) is 4.35. The first-order valence-corrected chi connectivity index (χ1v) is 12.7. The Labute approximate surface area is 224 Å². The van der Waals surface area contributed by atoms with Crippen molar-refractivity contribution in [2.24, 2.45) is 0 Å². The van der Waals surface area contributed by atoms with Crippen LogP contribution in [-0.4, -0.2) is 35.0 Å². The molecule has 192 valence electrons. The molecule has 0 radical (unpaired) electrons. The quantitative estimate of drug-likeness (QED) is 0.320. The van der Waals surface area contributed by atoms with Crippen molar-refractivity contribution in [2.45, 2.75) is 39.5 Å². The Morgan fingerprint density at radius 1 is 1.00 bits per heavy atom. The van der Waals surface area contributed by atoms with Gasteiger partial charge in [0.15, 0.2) is 0 Å². The Morgan fingerprint density at radius 3 is 2.44 bits per heavy atom. The number of aryl methyl sites for hydroxylation is 1. The largest absolute Gasteiger partial charge is 0.311 e. The van der Waals surface area contributed by atoms with Crippen LogP contribution in [-0.2, 0) is 16.6 Å². The molecule has 0 aliphatic carbocycles.